The molecule has 0 aliphatic carbocycles. The quantitative estimate of drug-likeness (QED) is 0.850. The van der Waals surface area contributed by atoms with Crippen LogP contribution in [0.5, 0.6) is 5.75 Å². The lowest BCUT2D eigenvalue weighted by Gasteiger charge is -2.21. The summed E-state index contributed by atoms with van der Waals surface area (Å²) in [5.74, 6) is -0.204. The maximum atomic E-state index is 13.8. The van der Waals surface area contributed by atoms with Crippen LogP contribution < -0.4 is 4.74 Å². The monoisotopic (exact) mass is 338 g/mol. The maximum absolute atomic E-state index is 13.8. The second kappa shape index (κ2) is 6.76. The summed E-state index contributed by atoms with van der Waals surface area (Å²) in [7, 11) is -1.41. The van der Waals surface area contributed by atoms with Gasteiger partial charge < -0.3 is 9.47 Å². The first kappa shape index (κ1) is 16.1. The third kappa shape index (κ3) is 3.43. The van der Waals surface area contributed by atoms with Crippen molar-refractivity contribution in [2.75, 3.05) is 6.79 Å². The van der Waals surface area contributed by atoms with E-state index in [0.29, 0.717) is 22.4 Å². The van der Waals surface area contributed by atoms with Crippen molar-refractivity contribution < 1.29 is 22.5 Å². The molecule has 2 atom stereocenters. The minimum Gasteiger partial charge on any atom is -0.467 e. The standard InChI is InChI=1S/C17H16F2O3S/c1-11(15-4-2-3-5-16(15)19)23(20)9-13-7-14(18)6-12-8-21-10-22-17(12)13/h2-7,11H,8-10H2,1H3/t11-,23+/m0/s1. The largest absolute Gasteiger partial charge is 0.467 e. The van der Waals surface area contributed by atoms with Crippen LogP contribution in [0.4, 0.5) is 8.78 Å². The molecule has 1 aliphatic heterocycles. The van der Waals surface area contributed by atoms with Crippen molar-refractivity contribution in [1.82, 2.24) is 0 Å². The van der Waals surface area contributed by atoms with E-state index in [2.05, 4.69) is 0 Å². The second-order valence-electron chi connectivity index (χ2n) is 5.35. The van der Waals surface area contributed by atoms with Gasteiger partial charge in [-0.15, -0.1) is 0 Å². The fourth-order valence-corrected chi connectivity index (χ4v) is 3.83. The van der Waals surface area contributed by atoms with Crippen LogP contribution in [0.3, 0.4) is 0 Å². The Morgan fingerprint density at radius 3 is 2.83 bits per heavy atom. The summed E-state index contributed by atoms with van der Waals surface area (Å²) in [6.45, 7) is 2.04. The van der Waals surface area contributed by atoms with E-state index in [9.17, 15) is 13.0 Å². The first-order valence-corrected chi connectivity index (χ1v) is 8.58. The van der Waals surface area contributed by atoms with Gasteiger partial charge in [-0.1, -0.05) is 18.2 Å². The van der Waals surface area contributed by atoms with Gasteiger partial charge in [0.15, 0.2) is 6.79 Å². The molecule has 122 valence electrons. The van der Waals surface area contributed by atoms with E-state index in [1.54, 1.807) is 25.1 Å². The van der Waals surface area contributed by atoms with Crippen LogP contribution in [0.15, 0.2) is 36.4 Å². The highest BCUT2D eigenvalue weighted by Gasteiger charge is 2.22. The van der Waals surface area contributed by atoms with Crippen molar-refractivity contribution in [3.8, 4) is 5.75 Å². The zero-order valence-corrected chi connectivity index (χ0v) is 13.4. The predicted octanol–water partition coefficient (Wildman–Crippen LogP) is 3.84. The van der Waals surface area contributed by atoms with Gasteiger partial charge in [-0.05, 0) is 25.1 Å². The van der Waals surface area contributed by atoms with E-state index in [1.165, 1.54) is 18.2 Å². The first-order valence-electron chi connectivity index (χ1n) is 7.19. The maximum Gasteiger partial charge on any atom is 0.189 e. The SMILES string of the molecule is C[C@@H](c1ccccc1F)[S@](=O)Cc1cc(F)cc2c1OCOC2. The highest BCUT2D eigenvalue weighted by Crippen LogP contribution is 2.32. The molecule has 6 heteroatoms. The van der Waals surface area contributed by atoms with E-state index >= 15 is 0 Å². The average molecular weight is 338 g/mol. The minimum atomic E-state index is -1.41. The van der Waals surface area contributed by atoms with Crippen molar-refractivity contribution in [2.24, 2.45) is 0 Å². The van der Waals surface area contributed by atoms with Gasteiger partial charge in [0.25, 0.3) is 0 Å². The average Bonchev–Trinajstić information content (AvgIpc) is 2.54. The highest BCUT2D eigenvalue weighted by atomic mass is 32.2. The second-order valence-corrected chi connectivity index (χ2v) is 7.11. The Labute approximate surface area is 135 Å². The molecule has 0 N–H and O–H groups in total. The summed E-state index contributed by atoms with van der Waals surface area (Å²) >= 11 is 0. The zero-order chi connectivity index (χ0) is 16.4. The number of fused-ring (bicyclic) bond motifs is 1. The van der Waals surface area contributed by atoms with Crippen LogP contribution in [-0.2, 0) is 27.9 Å². The van der Waals surface area contributed by atoms with Gasteiger partial charge in [-0.3, -0.25) is 4.21 Å². The smallest absolute Gasteiger partial charge is 0.189 e. The number of hydrogen-bond acceptors (Lipinski definition) is 3. The Morgan fingerprint density at radius 1 is 1.26 bits per heavy atom. The van der Waals surface area contributed by atoms with Crippen LogP contribution in [0.25, 0.3) is 0 Å². The van der Waals surface area contributed by atoms with Crippen LogP contribution in [-0.4, -0.2) is 11.0 Å². The molecule has 0 fully saturated rings. The van der Waals surface area contributed by atoms with Crippen LogP contribution in [0.2, 0.25) is 0 Å². The molecular formula is C17H16F2O3S. The van der Waals surface area contributed by atoms with Crippen LogP contribution >= 0.6 is 0 Å². The summed E-state index contributed by atoms with van der Waals surface area (Å²) in [4.78, 5) is 0. The minimum absolute atomic E-state index is 0.0845. The molecule has 0 bridgehead atoms. The molecule has 1 heterocycles. The van der Waals surface area contributed by atoms with Gasteiger partial charge in [0.2, 0.25) is 0 Å². The van der Waals surface area contributed by atoms with Crippen molar-refractivity contribution in [3.63, 3.8) is 0 Å². The van der Waals surface area contributed by atoms with E-state index in [0.717, 1.165) is 0 Å². The van der Waals surface area contributed by atoms with Crippen molar-refractivity contribution in [1.29, 1.82) is 0 Å². The van der Waals surface area contributed by atoms with Gasteiger partial charge >= 0.3 is 0 Å². The summed E-state index contributed by atoms with van der Waals surface area (Å²) in [5, 5.41) is -0.505. The molecule has 0 aromatic heterocycles. The summed E-state index contributed by atoms with van der Waals surface area (Å²) in [6.07, 6.45) is 0. The number of benzene rings is 2. The molecule has 3 rings (SSSR count). The van der Waals surface area contributed by atoms with E-state index in [1.807, 2.05) is 0 Å². The fraction of sp³-hybridized carbons (Fsp3) is 0.294. The van der Waals surface area contributed by atoms with Gasteiger partial charge in [-0.2, -0.15) is 0 Å². The van der Waals surface area contributed by atoms with E-state index in [4.69, 9.17) is 9.47 Å². The first-order chi connectivity index (χ1) is 11.1. The Balaban J connectivity index is 1.86. The van der Waals surface area contributed by atoms with Gasteiger partial charge in [0.05, 0.1) is 17.6 Å². The molecule has 0 saturated heterocycles. The summed E-state index contributed by atoms with van der Waals surface area (Å²) in [6, 6.07) is 8.91. The van der Waals surface area contributed by atoms with Crippen molar-refractivity contribution >= 4 is 10.8 Å². The summed E-state index contributed by atoms with van der Waals surface area (Å²) in [5.41, 5.74) is 1.51. The molecule has 0 unspecified atom stereocenters. The lowest BCUT2D eigenvalue weighted by atomic mass is 10.1. The van der Waals surface area contributed by atoms with E-state index < -0.39 is 21.9 Å². The van der Waals surface area contributed by atoms with Gasteiger partial charge in [0, 0.05) is 27.5 Å². The molecule has 3 nitrogen and oxygen atoms in total. The third-order valence-corrected chi connectivity index (χ3v) is 5.43. The molecule has 0 saturated carbocycles. The molecule has 0 amide bonds. The predicted molar refractivity (Wildman–Crippen MR) is 83.3 cm³/mol. The van der Waals surface area contributed by atoms with Crippen LogP contribution in [0, 0.1) is 11.6 Å². The molecule has 2 aromatic rings. The molecule has 1 aliphatic rings. The molecule has 0 radical (unpaired) electrons. The Morgan fingerprint density at radius 2 is 2.04 bits per heavy atom. The Kier molecular flexibility index (Phi) is 4.73. The molecule has 0 spiro atoms. The number of hydrogen-bond donors (Lipinski definition) is 0. The third-order valence-electron chi connectivity index (χ3n) is 3.79. The Bertz CT molecular complexity index is 749. The molecule has 23 heavy (non-hydrogen) atoms. The lowest BCUT2D eigenvalue weighted by Crippen LogP contribution is -2.15. The molecular weight excluding hydrogens is 322 g/mol. The summed E-state index contributed by atoms with van der Waals surface area (Å²) < 4.78 is 50.7. The number of halogens is 2. The normalized spacial score (nSPS) is 16.3. The van der Waals surface area contributed by atoms with Crippen molar-refractivity contribution in [3.05, 3.63) is 64.7 Å². The van der Waals surface area contributed by atoms with Gasteiger partial charge in [0.1, 0.15) is 17.4 Å². The van der Waals surface area contributed by atoms with Gasteiger partial charge in [-0.25, -0.2) is 8.78 Å². The number of ether oxygens (including phenoxy) is 2. The van der Waals surface area contributed by atoms with Crippen molar-refractivity contribution in [2.45, 2.75) is 24.5 Å². The lowest BCUT2D eigenvalue weighted by molar-refractivity contribution is -0.0171. The zero-order valence-electron chi connectivity index (χ0n) is 12.6. The Hall–Kier alpha value is -1.79. The van der Waals surface area contributed by atoms with E-state index in [-0.39, 0.29) is 25.0 Å². The highest BCUT2D eigenvalue weighted by molar-refractivity contribution is 7.84. The topological polar surface area (TPSA) is 35.5 Å². The fourth-order valence-electron chi connectivity index (χ4n) is 2.59. The van der Waals surface area contributed by atoms with Crippen LogP contribution in [0.1, 0.15) is 28.9 Å². The molecule has 2 aromatic carbocycles. The number of rotatable bonds is 4.